The van der Waals surface area contributed by atoms with Crippen LogP contribution in [-0.4, -0.2) is 6.04 Å². The molecule has 1 aliphatic carbocycles. The van der Waals surface area contributed by atoms with Crippen molar-refractivity contribution < 1.29 is 13.2 Å². The molecule has 0 heterocycles. The molecule has 0 bridgehead atoms. The molecule has 0 aromatic heterocycles. The van der Waals surface area contributed by atoms with Gasteiger partial charge in [0.25, 0.3) is 0 Å². The van der Waals surface area contributed by atoms with E-state index in [0.717, 1.165) is 31.4 Å². The lowest BCUT2D eigenvalue weighted by atomic mass is 9.80. The van der Waals surface area contributed by atoms with Crippen molar-refractivity contribution in [1.29, 1.82) is 0 Å². The Labute approximate surface area is 122 Å². The summed E-state index contributed by atoms with van der Waals surface area (Å²) in [5, 5.41) is 3.33. The zero-order valence-corrected chi connectivity index (χ0v) is 12.4. The molecule has 1 nitrogen and oxygen atoms in total. The van der Waals surface area contributed by atoms with Gasteiger partial charge in [-0.05, 0) is 49.3 Å². The highest BCUT2D eigenvalue weighted by Crippen LogP contribution is 2.35. The quantitative estimate of drug-likeness (QED) is 0.750. The third-order valence-corrected chi connectivity index (χ3v) is 4.23. The number of hydrogen-bond acceptors (Lipinski definition) is 1. The van der Waals surface area contributed by atoms with Crippen LogP contribution < -0.4 is 5.32 Å². The van der Waals surface area contributed by atoms with Gasteiger partial charge >= 0.3 is 6.18 Å². The molecule has 20 heavy (non-hydrogen) atoms. The van der Waals surface area contributed by atoms with Crippen LogP contribution in [0.5, 0.6) is 0 Å². The van der Waals surface area contributed by atoms with Crippen molar-refractivity contribution in [2.75, 3.05) is 5.32 Å². The lowest BCUT2D eigenvalue weighted by Gasteiger charge is -2.34. The minimum Gasteiger partial charge on any atom is -0.382 e. The van der Waals surface area contributed by atoms with Crippen LogP contribution in [0.15, 0.2) is 18.2 Å². The number of hydrogen-bond donors (Lipinski definition) is 1. The molecule has 5 heteroatoms. The van der Waals surface area contributed by atoms with Gasteiger partial charge in [0.05, 0.1) is 5.56 Å². The Bertz CT molecular complexity index is 473. The Hall–Kier alpha value is -0.900. The lowest BCUT2D eigenvalue weighted by Crippen LogP contribution is -2.33. The standard InChI is InChI=1S/C15H19ClF3N/c1-9-3-4-14(10(2)5-9)20-13-7-11(15(17,18)19)6-12(16)8-13/h6-10,14,20H,3-5H2,1-2H3. The molecule has 0 saturated heterocycles. The van der Waals surface area contributed by atoms with Crippen molar-refractivity contribution in [2.45, 2.75) is 45.3 Å². The first kappa shape index (κ1) is 15.5. The first-order valence-electron chi connectivity index (χ1n) is 6.90. The molecular formula is C15H19ClF3N. The molecule has 0 spiro atoms. The molecule has 0 radical (unpaired) electrons. The maximum atomic E-state index is 12.8. The van der Waals surface area contributed by atoms with Crippen LogP contribution in [0.25, 0.3) is 0 Å². The second-order valence-corrected chi connectivity index (χ2v) is 6.31. The maximum Gasteiger partial charge on any atom is 0.416 e. The van der Waals surface area contributed by atoms with Gasteiger partial charge in [0.2, 0.25) is 0 Å². The van der Waals surface area contributed by atoms with Crippen LogP contribution in [0.3, 0.4) is 0 Å². The number of anilines is 1. The highest BCUT2D eigenvalue weighted by atomic mass is 35.5. The second-order valence-electron chi connectivity index (χ2n) is 5.87. The first-order valence-corrected chi connectivity index (χ1v) is 7.28. The minimum absolute atomic E-state index is 0.110. The van der Waals surface area contributed by atoms with Crippen molar-refractivity contribution in [3.05, 3.63) is 28.8 Å². The van der Waals surface area contributed by atoms with Crippen LogP contribution in [0.2, 0.25) is 5.02 Å². The summed E-state index contributed by atoms with van der Waals surface area (Å²) in [6.45, 7) is 4.36. The van der Waals surface area contributed by atoms with Crippen LogP contribution in [-0.2, 0) is 6.18 Å². The average molecular weight is 306 g/mol. The molecule has 1 aromatic carbocycles. The molecule has 1 aliphatic rings. The molecule has 3 atom stereocenters. The van der Waals surface area contributed by atoms with E-state index in [1.165, 1.54) is 0 Å². The predicted octanol–water partition coefficient (Wildman–Crippen LogP) is 5.60. The molecule has 1 fully saturated rings. The summed E-state index contributed by atoms with van der Waals surface area (Å²) < 4.78 is 38.3. The SMILES string of the molecule is CC1CCC(Nc2cc(Cl)cc(C(F)(F)F)c2)C(C)C1. The molecule has 0 amide bonds. The Morgan fingerprint density at radius 1 is 1.15 bits per heavy atom. The number of alkyl halides is 3. The van der Waals surface area contributed by atoms with Crippen LogP contribution >= 0.6 is 11.6 Å². The zero-order chi connectivity index (χ0) is 14.9. The van der Waals surface area contributed by atoms with Gasteiger partial charge < -0.3 is 5.32 Å². The Morgan fingerprint density at radius 2 is 1.85 bits per heavy atom. The minimum atomic E-state index is -4.37. The van der Waals surface area contributed by atoms with E-state index in [1.54, 1.807) is 6.07 Å². The second kappa shape index (κ2) is 5.84. The van der Waals surface area contributed by atoms with Gasteiger partial charge in [-0.25, -0.2) is 0 Å². The third-order valence-electron chi connectivity index (χ3n) is 4.01. The van der Waals surface area contributed by atoms with Gasteiger partial charge in [-0.1, -0.05) is 25.4 Å². The van der Waals surface area contributed by atoms with Gasteiger partial charge in [0, 0.05) is 16.8 Å². The molecule has 112 valence electrons. The molecule has 1 N–H and O–H groups in total. The van der Waals surface area contributed by atoms with Gasteiger partial charge in [-0.3, -0.25) is 0 Å². The van der Waals surface area contributed by atoms with Gasteiger partial charge in [0.1, 0.15) is 0 Å². The monoisotopic (exact) mass is 305 g/mol. The van der Waals surface area contributed by atoms with Gasteiger partial charge in [-0.2, -0.15) is 13.2 Å². The van der Waals surface area contributed by atoms with E-state index in [1.807, 2.05) is 0 Å². The van der Waals surface area contributed by atoms with E-state index in [9.17, 15) is 13.2 Å². The van der Waals surface area contributed by atoms with Crippen LogP contribution in [0, 0.1) is 11.8 Å². The first-order chi connectivity index (χ1) is 9.25. The fourth-order valence-corrected chi connectivity index (χ4v) is 3.17. The van der Waals surface area contributed by atoms with E-state index in [4.69, 9.17) is 11.6 Å². The molecule has 2 rings (SSSR count). The summed E-state index contributed by atoms with van der Waals surface area (Å²) in [6.07, 6.45) is -1.18. The zero-order valence-electron chi connectivity index (χ0n) is 11.6. The Kier molecular flexibility index (Phi) is 4.52. The van der Waals surface area contributed by atoms with Crippen molar-refractivity contribution in [2.24, 2.45) is 11.8 Å². The van der Waals surface area contributed by atoms with Crippen molar-refractivity contribution >= 4 is 17.3 Å². The summed E-state index contributed by atoms with van der Waals surface area (Å²) in [4.78, 5) is 0. The fourth-order valence-electron chi connectivity index (χ4n) is 2.93. The summed E-state index contributed by atoms with van der Waals surface area (Å²) in [5.74, 6) is 1.14. The number of halogens is 4. The summed E-state index contributed by atoms with van der Waals surface area (Å²) in [5.41, 5.74) is -0.249. The number of nitrogens with one attached hydrogen (secondary N) is 1. The van der Waals surface area contributed by atoms with E-state index in [0.29, 0.717) is 17.5 Å². The van der Waals surface area contributed by atoms with Gasteiger partial charge in [-0.15, -0.1) is 0 Å². The molecule has 3 unspecified atom stereocenters. The highest BCUT2D eigenvalue weighted by molar-refractivity contribution is 6.30. The Morgan fingerprint density at radius 3 is 2.45 bits per heavy atom. The van der Waals surface area contributed by atoms with Crippen LogP contribution in [0.1, 0.15) is 38.7 Å². The van der Waals surface area contributed by atoms with Crippen molar-refractivity contribution in [1.82, 2.24) is 0 Å². The summed E-state index contributed by atoms with van der Waals surface area (Å²) in [6, 6.07) is 3.86. The third kappa shape index (κ3) is 3.81. The topological polar surface area (TPSA) is 12.0 Å². The van der Waals surface area contributed by atoms with Crippen molar-refractivity contribution in [3.8, 4) is 0 Å². The lowest BCUT2D eigenvalue weighted by molar-refractivity contribution is -0.137. The molecule has 0 aliphatic heterocycles. The van der Waals surface area contributed by atoms with Crippen molar-refractivity contribution in [3.63, 3.8) is 0 Å². The average Bonchev–Trinajstić information content (AvgIpc) is 2.31. The molecular weight excluding hydrogens is 287 g/mol. The summed E-state index contributed by atoms with van der Waals surface area (Å²) >= 11 is 5.79. The van der Waals surface area contributed by atoms with E-state index < -0.39 is 11.7 Å². The number of rotatable bonds is 2. The predicted molar refractivity (Wildman–Crippen MR) is 76.0 cm³/mol. The Balaban J connectivity index is 2.15. The van der Waals surface area contributed by atoms with E-state index in [2.05, 4.69) is 19.2 Å². The largest absolute Gasteiger partial charge is 0.416 e. The van der Waals surface area contributed by atoms with Crippen LogP contribution in [0.4, 0.5) is 18.9 Å². The van der Waals surface area contributed by atoms with E-state index >= 15 is 0 Å². The maximum absolute atomic E-state index is 12.8. The number of benzene rings is 1. The molecule has 1 aromatic rings. The molecule has 1 saturated carbocycles. The highest BCUT2D eigenvalue weighted by Gasteiger charge is 2.32. The van der Waals surface area contributed by atoms with Gasteiger partial charge in [0.15, 0.2) is 0 Å². The van der Waals surface area contributed by atoms with E-state index in [-0.39, 0.29) is 11.1 Å². The smallest absolute Gasteiger partial charge is 0.382 e. The normalized spacial score (nSPS) is 27.4. The summed E-state index contributed by atoms with van der Waals surface area (Å²) in [7, 11) is 0. The fraction of sp³-hybridized carbons (Fsp3) is 0.600.